The molecule has 4 rings (SSSR count). The van der Waals surface area contributed by atoms with Gasteiger partial charge in [0.25, 0.3) is 0 Å². The van der Waals surface area contributed by atoms with E-state index >= 15 is 0 Å². The number of hydrogen-bond acceptors (Lipinski definition) is 5. The highest BCUT2D eigenvalue weighted by molar-refractivity contribution is 6.30. The van der Waals surface area contributed by atoms with E-state index in [1.54, 1.807) is 50.5 Å². The number of H-pyrrole nitrogens is 1. The number of urea groups is 1. The summed E-state index contributed by atoms with van der Waals surface area (Å²) < 4.78 is 16.1. The molecule has 4 aromatic rings. The number of nitrogens with one attached hydrogen (secondary N) is 2. The number of carbonyl (C=O) groups is 2. The maximum absolute atomic E-state index is 13.8. The summed E-state index contributed by atoms with van der Waals surface area (Å²) in [4.78, 5) is 33.5. The lowest BCUT2D eigenvalue weighted by atomic mass is 10.1. The summed E-state index contributed by atoms with van der Waals surface area (Å²) in [5.74, 6) is 0.991. The van der Waals surface area contributed by atoms with E-state index in [1.165, 1.54) is 4.90 Å². The van der Waals surface area contributed by atoms with E-state index in [0.717, 1.165) is 22.0 Å². The number of aromatic nitrogens is 1. The number of anilines is 1. The maximum Gasteiger partial charge on any atom is 0.322 e. The number of halogens is 1. The zero-order valence-corrected chi connectivity index (χ0v) is 24.2. The topological polar surface area (TPSA) is 96.1 Å². The van der Waals surface area contributed by atoms with E-state index in [4.69, 9.17) is 25.8 Å². The van der Waals surface area contributed by atoms with Crippen LogP contribution in [0.25, 0.3) is 10.9 Å². The first-order valence-corrected chi connectivity index (χ1v) is 13.6. The van der Waals surface area contributed by atoms with Crippen LogP contribution in [0.5, 0.6) is 11.5 Å². The second-order valence-electron chi connectivity index (χ2n) is 9.47. The number of para-hydroxylation sites is 1. The highest BCUT2D eigenvalue weighted by Gasteiger charge is 2.23. The molecule has 0 saturated heterocycles. The summed E-state index contributed by atoms with van der Waals surface area (Å²) in [6.07, 6.45) is 2.61. The van der Waals surface area contributed by atoms with E-state index in [2.05, 4.69) is 16.4 Å². The molecule has 1 heterocycles. The molecule has 0 aliphatic rings. The van der Waals surface area contributed by atoms with Gasteiger partial charge in [0.05, 0.1) is 20.8 Å². The molecular weight excluding hydrogens is 544 g/mol. The SMILES string of the molecule is COCCN(CC(=O)N(CCc1c[nH]c2ccccc12)Cc1ccc(OC)c(OC)c1)C(=O)Nc1cccc(Cl)c1. The third-order valence-electron chi connectivity index (χ3n) is 6.75. The number of carbonyl (C=O) groups excluding carboxylic acids is 2. The summed E-state index contributed by atoms with van der Waals surface area (Å²) in [5.41, 5.74) is 3.57. The third kappa shape index (κ3) is 7.93. The minimum absolute atomic E-state index is 0.128. The number of hydrogen-bond donors (Lipinski definition) is 2. The Bertz CT molecular complexity index is 1470. The predicted molar refractivity (Wildman–Crippen MR) is 161 cm³/mol. The Morgan fingerprint density at radius 3 is 2.46 bits per heavy atom. The normalized spacial score (nSPS) is 10.8. The van der Waals surface area contributed by atoms with Gasteiger partial charge in [-0.3, -0.25) is 4.79 Å². The van der Waals surface area contributed by atoms with Gasteiger partial charge in [-0.2, -0.15) is 0 Å². The molecule has 10 heteroatoms. The molecule has 0 fully saturated rings. The quantitative estimate of drug-likeness (QED) is 0.216. The van der Waals surface area contributed by atoms with E-state index in [1.807, 2.05) is 42.6 Å². The number of fused-ring (bicyclic) bond motifs is 1. The highest BCUT2D eigenvalue weighted by atomic mass is 35.5. The van der Waals surface area contributed by atoms with Crippen LogP contribution < -0.4 is 14.8 Å². The zero-order valence-electron chi connectivity index (χ0n) is 23.5. The van der Waals surface area contributed by atoms with Gasteiger partial charge < -0.3 is 34.3 Å². The van der Waals surface area contributed by atoms with Crippen molar-refractivity contribution < 1.29 is 23.8 Å². The van der Waals surface area contributed by atoms with E-state index in [9.17, 15) is 9.59 Å². The minimum Gasteiger partial charge on any atom is -0.493 e. The largest absolute Gasteiger partial charge is 0.493 e. The molecule has 3 aromatic carbocycles. The Labute approximate surface area is 244 Å². The monoisotopic (exact) mass is 578 g/mol. The second-order valence-corrected chi connectivity index (χ2v) is 9.91. The van der Waals surface area contributed by atoms with Gasteiger partial charge >= 0.3 is 6.03 Å². The molecule has 0 aliphatic carbocycles. The average Bonchev–Trinajstić information content (AvgIpc) is 3.40. The van der Waals surface area contributed by atoms with Crippen LogP contribution in [0.15, 0.2) is 72.9 Å². The number of ether oxygens (including phenoxy) is 3. The maximum atomic E-state index is 13.8. The second kappa shape index (κ2) is 14.4. The number of rotatable bonds is 13. The average molecular weight is 579 g/mol. The molecule has 0 saturated carbocycles. The molecule has 0 atom stereocenters. The lowest BCUT2D eigenvalue weighted by Crippen LogP contribution is -2.46. The summed E-state index contributed by atoms with van der Waals surface area (Å²) >= 11 is 6.08. The Balaban J connectivity index is 1.55. The van der Waals surface area contributed by atoms with E-state index in [-0.39, 0.29) is 25.6 Å². The van der Waals surface area contributed by atoms with Gasteiger partial charge in [0, 0.05) is 54.6 Å². The van der Waals surface area contributed by atoms with Crippen LogP contribution in [-0.4, -0.2) is 74.3 Å². The van der Waals surface area contributed by atoms with Crippen molar-refractivity contribution in [3.05, 3.63) is 89.1 Å². The first kappa shape index (κ1) is 29.8. The Kier molecular flexibility index (Phi) is 10.5. The Morgan fingerprint density at radius 2 is 1.71 bits per heavy atom. The zero-order chi connectivity index (χ0) is 29.2. The first-order chi connectivity index (χ1) is 19.9. The van der Waals surface area contributed by atoms with Gasteiger partial charge in [-0.05, 0) is 53.9 Å². The number of methoxy groups -OCH3 is 3. The van der Waals surface area contributed by atoms with Gasteiger partial charge in [-0.25, -0.2) is 4.79 Å². The smallest absolute Gasteiger partial charge is 0.322 e. The summed E-state index contributed by atoms with van der Waals surface area (Å²) in [7, 11) is 4.71. The first-order valence-electron chi connectivity index (χ1n) is 13.3. The Hall–Kier alpha value is -4.21. The van der Waals surface area contributed by atoms with Crippen LogP contribution in [0.4, 0.5) is 10.5 Å². The van der Waals surface area contributed by atoms with Gasteiger partial charge in [0.15, 0.2) is 11.5 Å². The molecule has 0 radical (unpaired) electrons. The fourth-order valence-electron chi connectivity index (χ4n) is 4.57. The fourth-order valence-corrected chi connectivity index (χ4v) is 4.76. The van der Waals surface area contributed by atoms with Crippen LogP contribution in [-0.2, 0) is 22.5 Å². The molecule has 216 valence electrons. The molecule has 9 nitrogen and oxygen atoms in total. The summed E-state index contributed by atoms with van der Waals surface area (Å²) in [6, 6.07) is 20.1. The number of nitrogens with zero attached hydrogens (tertiary/aromatic N) is 2. The molecule has 1 aromatic heterocycles. The molecule has 0 spiro atoms. The number of aromatic amines is 1. The van der Waals surface area contributed by atoms with Crippen molar-refractivity contribution in [1.29, 1.82) is 0 Å². The molecule has 0 aliphatic heterocycles. The van der Waals surface area contributed by atoms with Gasteiger partial charge in [-0.1, -0.05) is 41.9 Å². The lowest BCUT2D eigenvalue weighted by molar-refractivity contribution is -0.132. The minimum atomic E-state index is -0.416. The predicted octanol–water partition coefficient (Wildman–Crippen LogP) is 5.59. The fraction of sp³-hybridized carbons (Fsp3) is 0.290. The Morgan fingerprint density at radius 1 is 0.902 bits per heavy atom. The standard InChI is InChI=1S/C31H35ClN4O5/c1-39-16-15-36(31(38)34-25-8-6-7-24(32)18-25)21-30(37)35(20-22-11-12-28(40-2)29(17-22)41-3)14-13-23-19-33-27-10-5-4-9-26(23)27/h4-12,17-19,33H,13-16,20-21H2,1-3H3,(H,34,38). The molecule has 3 amide bonds. The van der Waals surface area contributed by atoms with Crippen LogP contribution in [0.1, 0.15) is 11.1 Å². The van der Waals surface area contributed by atoms with E-state index < -0.39 is 6.03 Å². The van der Waals surface area contributed by atoms with Crippen molar-refractivity contribution in [2.45, 2.75) is 13.0 Å². The van der Waals surface area contributed by atoms with Crippen molar-refractivity contribution in [1.82, 2.24) is 14.8 Å². The van der Waals surface area contributed by atoms with E-state index in [0.29, 0.717) is 41.7 Å². The van der Waals surface area contributed by atoms with Gasteiger partial charge in [0.2, 0.25) is 5.91 Å². The van der Waals surface area contributed by atoms with Gasteiger partial charge in [-0.15, -0.1) is 0 Å². The highest BCUT2D eigenvalue weighted by Crippen LogP contribution is 2.28. The molecule has 41 heavy (non-hydrogen) atoms. The summed E-state index contributed by atoms with van der Waals surface area (Å²) in [6.45, 7) is 1.16. The van der Waals surface area contributed by atoms with Crippen molar-refractivity contribution >= 4 is 40.1 Å². The van der Waals surface area contributed by atoms with Crippen molar-refractivity contribution in [2.75, 3.05) is 52.9 Å². The number of benzene rings is 3. The van der Waals surface area contributed by atoms with Crippen LogP contribution >= 0.6 is 11.6 Å². The van der Waals surface area contributed by atoms with Crippen LogP contribution in [0, 0.1) is 0 Å². The lowest BCUT2D eigenvalue weighted by Gasteiger charge is -2.28. The van der Waals surface area contributed by atoms with Gasteiger partial charge in [0.1, 0.15) is 6.54 Å². The van der Waals surface area contributed by atoms with Crippen molar-refractivity contribution in [3.8, 4) is 11.5 Å². The molecule has 0 unspecified atom stereocenters. The van der Waals surface area contributed by atoms with Crippen LogP contribution in [0.3, 0.4) is 0 Å². The molecule has 0 bridgehead atoms. The van der Waals surface area contributed by atoms with Crippen molar-refractivity contribution in [3.63, 3.8) is 0 Å². The summed E-state index contributed by atoms with van der Waals surface area (Å²) in [5, 5.41) is 4.45. The number of amides is 3. The third-order valence-corrected chi connectivity index (χ3v) is 6.99. The van der Waals surface area contributed by atoms with Crippen molar-refractivity contribution in [2.24, 2.45) is 0 Å². The van der Waals surface area contributed by atoms with Crippen LogP contribution in [0.2, 0.25) is 5.02 Å². The molecular formula is C31H35ClN4O5. The molecule has 2 N–H and O–H groups in total.